The number of esters is 1. The van der Waals surface area contributed by atoms with Crippen molar-refractivity contribution in [2.75, 3.05) is 18.5 Å². The second-order valence-corrected chi connectivity index (χ2v) is 7.31. The van der Waals surface area contributed by atoms with Crippen LogP contribution in [-0.4, -0.2) is 24.2 Å². The predicted molar refractivity (Wildman–Crippen MR) is 108 cm³/mol. The van der Waals surface area contributed by atoms with Crippen LogP contribution in [0.3, 0.4) is 0 Å². The number of carbonyl (C=O) groups excluding carboxylic acids is 1. The highest BCUT2D eigenvalue weighted by atomic mass is 32.1. The van der Waals surface area contributed by atoms with Gasteiger partial charge >= 0.3 is 5.97 Å². The summed E-state index contributed by atoms with van der Waals surface area (Å²) in [6.07, 6.45) is 0.176. The number of thiazole rings is 1. The molecule has 0 spiro atoms. The van der Waals surface area contributed by atoms with Crippen molar-refractivity contribution in [1.82, 2.24) is 4.98 Å². The molecule has 0 saturated heterocycles. The summed E-state index contributed by atoms with van der Waals surface area (Å²) in [4.78, 5) is 16.6. The van der Waals surface area contributed by atoms with Gasteiger partial charge < -0.3 is 19.5 Å². The van der Waals surface area contributed by atoms with E-state index in [0.717, 1.165) is 22.1 Å². The minimum Gasteiger partial charge on any atom is -0.486 e. The fourth-order valence-electron chi connectivity index (χ4n) is 2.76. The number of fused-ring (bicyclic) bond motifs is 1. The number of nitrogens with one attached hydrogen (secondary N) is 1. The molecule has 3 aromatic rings. The molecule has 0 atom stereocenters. The Morgan fingerprint density at radius 2 is 1.93 bits per heavy atom. The first-order chi connectivity index (χ1) is 13.7. The van der Waals surface area contributed by atoms with Gasteiger partial charge in [0, 0.05) is 11.1 Å². The zero-order chi connectivity index (χ0) is 19.3. The molecule has 2 aromatic carbocycles. The Morgan fingerprint density at radius 3 is 2.75 bits per heavy atom. The normalized spacial score (nSPS) is 12.5. The Labute approximate surface area is 167 Å². The molecule has 1 aromatic heterocycles. The highest BCUT2D eigenvalue weighted by molar-refractivity contribution is 7.13. The van der Waals surface area contributed by atoms with Gasteiger partial charge in [0.2, 0.25) is 0 Å². The van der Waals surface area contributed by atoms with Gasteiger partial charge in [-0.1, -0.05) is 23.8 Å². The molecule has 144 valence electrons. The molecule has 0 unspecified atom stereocenters. The predicted octanol–water partition coefficient (Wildman–Crippen LogP) is 4.25. The smallest absolute Gasteiger partial charge is 0.310 e. The van der Waals surface area contributed by atoms with Crippen LogP contribution < -0.4 is 14.8 Å². The molecule has 0 fully saturated rings. The van der Waals surface area contributed by atoms with Crippen molar-refractivity contribution < 1.29 is 19.0 Å². The number of ether oxygens (including phenoxy) is 3. The van der Waals surface area contributed by atoms with Gasteiger partial charge in [-0.05, 0) is 36.8 Å². The average Bonchev–Trinajstić information content (AvgIpc) is 3.15. The van der Waals surface area contributed by atoms with E-state index in [1.807, 2.05) is 54.8 Å². The second kappa shape index (κ2) is 8.31. The monoisotopic (exact) mass is 396 g/mol. The number of carbonyl (C=O) groups is 1. The molecule has 0 amide bonds. The SMILES string of the molecule is Cc1ccc(Nc2nc(COC(=O)Cc3ccc4c(c3)OCCO4)cs2)cc1. The Kier molecular flexibility index (Phi) is 5.43. The van der Waals surface area contributed by atoms with Crippen molar-refractivity contribution in [2.45, 2.75) is 20.0 Å². The number of hydrogen-bond acceptors (Lipinski definition) is 7. The van der Waals surface area contributed by atoms with Crippen molar-refractivity contribution in [3.05, 3.63) is 64.7 Å². The van der Waals surface area contributed by atoms with E-state index >= 15 is 0 Å². The lowest BCUT2D eigenvalue weighted by molar-refractivity contribution is -0.144. The van der Waals surface area contributed by atoms with Crippen LogP contribution in [0, 0.1) is 6.92 Å². The van der Waals surface area contributed by atoms with Crippen molar-refractivity contribution in [1.29, 1.82) is 0 Å². The first-order valence-electron chi connectivity index (χ1n) is 8.98. The van der Waals surface area contributed by atoms with Gasteiger partial charge in [0.25, 0.3) is 0 Å². The summed E-state index contributed by atoms with van der Waals surface area (Å²) < 4.78 is 16.4. The van der Waals surface area contributed by atoms with Crippen LogP contribution in [0.4, 0.5) is 10.8 Å². The molecule has 6 nitrogen and oxygen atoms in total. The summed E-state index contributed by atoms with van der Waals surface area (Å²) in [5, 5.41) is 5.90. The van der Waals surface area contributed by atoms with Crippen molar-refractivity contribution in [2.24, 2.45) is 0 Å². The molecule has 1 aliphatic heterocycles. The highest BCUT2D eigenvalue weighted by Gasteiger charge is 2.14. The molecule has 0 saturated carbocycles. The van der Waals surface area contributed by atoms with Crippen molar-refractivity contribution >= 4 is 28.1 Å². The van der Waals surface area contributed by atoms with E-state index < -0.39 is 0 Å². The number of aryl methyl sites for hydroxylation is 1. The van der Waals surface area contributed by atoms with Crippen LogP contribution in [0.2, 0.25) is 0 Å². The van der Waals surface area contributed by atoms with Crippen molar-refractivity contribution in [3.8, 4) is 11.5 Å². The lowest BCUT2D eigenvalue weighted by atomic mass is 10.1. The summed E-state index contributed by atoms with van der Waals surface area (Å²) in [6.45, 7) is 3.26. The third-order valence-corrected chi connectivity index (χ3v) is 5.00. The van der Waals surface area contributed by atoms with Gasteiger partial charge in [0.15, 0.2) is 16.6 Å². The van der Waals surface area contributed by atoms with Crippen LogP contribution in [0.25, 0.3) is 0 Å². The van der Waals surface area contributed by atoms with Gasteiger partial charge in [-0.25, -0.2) is 4.98 Å². The fraction of sp³-hybridized carbons (Fsp3) is 0.238. The summed E-state index contributed by atoms with van der Waals surface area (Å²) in [6, 6.07) is 13.6. The first kappa shape index (κ1) is 18.3. The minimum atomic E-state index is -0.308. The maximum absolute atomic E-state index is 12.1. The van der Waals surface area contributed by atoms with E-state index in [2.05, 4.69) is 10.3 Å². The largest absolute Gasteiger partial charge is 0.486 e. The molecule has 7 heteroatoms. The highest BCUT2D eigenvalue weighted by Crippen LogP contribution is 2.31. The molecular weight excluding hydrogens is 376 g/mol. The summed E-state index contributed by atoms with van der Waals surface area (Å²) in [7, 11) is 0. The van der Waals surface area contributed by atoms with Crippen LogP contribution in [0.1, 0.15) is 16.8 Å². The third-order valence-electron chi connectivity index (χ3n) is 4.19. The molecule has 4 rings (SSSR count). The molecule has 2 heterocycles. The van der Waals surface area contributed by atoms with Gasteiger partial charge in [-0.2, -0.15) is 0 Å². The van der Waals surface area contributed by atoms with E-state index in [1.165, 1.54) is 16.9 Å². The minimum absolute atomic E-state index is 0.148. The molecular formula is C21H20N2O4S. The maximum atomic E-state index is 12.1. The van der Waals surface area contributed by atoms with Gasteiger partial charge in [-0.3, -0.25) is 4.79 Å². The number of aromatic nitrogens is 1. The molecule has 1 aliphatic rings. The molecule has 0 aliphatic carbocycles. The molecule has 0 radical (unpaired) electrons. The van der Waals surface area contributed by atoms with Gasteiger partial charge in [0.1, 0.15) is 19.8 Å². The summed E-state index contributed by atoms with van der Waals surface area (Å²) >= 11 is 1.48. The van der Waals surface area contributed by atoms with E-state index in [1.54, 1.807) is 0 Å². The van der Waals surface area contributed by atoms with E-state index in [-0.39, 0.29) is 19.0 Å². The fourth-order valence-corrected chi connectivity index (χ4v) is 3.48. The first-order valence-corrected chi connectivity index (χ1v) is 9.86. The van der Waals surface area contributed by atoms with Crippen LogP contribution in [0.5, 0.6) is 11.5 Å². The lowest BCUT2D eigenvalue weighted by Gasteiger charge is -2.18. The Hall–Kier alpha value is -3.06. The Bertz CT molecular complexity index is 969. The topological polar surface area (TPSA) is 69.7 Å². The zero-order valence-corrected chi connectivity index (χ0v) is 16.3. The number of hydrogen-bond donors (Lipinski definition) is 1. The number of rotatable bonds is 6. The number of anilines is 2. The number of nitrogens with zero attached hydrogens (tertiary/aromatic N) is 1. The van der Waals surface area contributed by atoms with Crippen LogP contribution >= 0.6 is 11.3 Å². The van der Waals surface area contributed by atoms with Crippen molar-refractivity contribution in [3.63, 3.8) is 0 Å². The van der Waals surface area contributed by atoms with E-state index in [4.69, 9.17) is 14.2 Å². The molecule has 28 heavy (non-hydrogen) atoms. The average molecular weight is 396 g/mol. The zero-order valence-electron chi connectivity index (χ0n) is 15.4. The van der Waals surface area contributed by atoms with Gasteiger partial charge in [0.05, 0.1) is 12.1 Å². The van der Waals surface area contributed by atoms with Crippen LogP contribution in [0.15, 0.2) is 47.8 Å². The summed E-state index contributed by atoms with van der Waals surface area (Å²) in [5.41, 5.74) is 3.72. The van der Waals surface area contributed by atoms with Gasteiger partial charge in [-0.15, -0.1) is 11.3 Å². The third kappa shape index (κ3) is 4.61. The Balaban J connectivity index is 1.29. The van der Waals surface area contributed by atoms with E-state index in [9.17, 15) is 4.79 Å². The summed E-state index contributed by atoms with van der Waals surface area (Å²) in [5.74, 6) is 1.07. The molecule has 1 N–H and O–H groups in total. The quantitative estimate of drug-likeness (QED) is 0.628. The maximum Gasteiger partial charge on any atom is 0.310 e. The molecule has 0 bridgehead atoms. The lowest BCUT2D eigenvalue weighted by Crippen LogP contribution is -2.16. The Morgan fingerprint density at radius 1 is 1.14 bits per heavy atom. The van der Waals surface area contributed by atoms with E-state index in [0.29, 0.717) is 24.7 Å². The second-order valence-electron chi connectivity index (χ2n) is 6.45. The number of benzene rings is 2. The standard InChI is InChI=1S/C21H20N2O4S/c1-14-2-5-16(6-3-14)22-21-23-17(13-28-21)12-27-20(24)11-15-4-7-18-19(10-15)26-9-8-25-18/h2-7,10,13H,8-9,11-12H2,1H3,(H,22,23). The van der Waals surface area contributed by atoms with Crippen LogP contribution in [-0.2, 0) is 22.6 Å².